The zero-order valence-electron chi connectivity index (χ0n) is 10.3. The van der Waals surface area contributed by atoms with E-state index in [-0.39, 0.29) is 23.4 Å². The molecule has 1 fully saturated rings. The average Bonchev–Trinajstić information content (AvgIpc) is 2.89. The lowest BCUT2D eigenvalue weighted by atomic mass is 9.84. The van der Waals surface area contributed by atoms with Crippen molar-refractivity contribution in [3.8, 4) is 0 Å². The molecule has 1 saturated carbocycles. The molecule has 0 saturated heterocycles. The summed E-state index contributed by atoms with van der Waals surface area (Å²) in [6.07, 6.45) is 3.69. The molecular weight excluding hydrogens is 253 g/mol. The van der Waals surface area contributed by atoms with Crippen molar-refractivity contribution in [2.45, 2.75) is 37.7 Å². The van der Waals surface area contributed by atoms with Crippen molar-refractivity contribution in [3.63, 3.8) is 0 Å². The highest BCUT2D eigenvalue weighted by atomic mass is 35.5. The number of nitrogens with two attached hydrogens (primary N) is 1. The van der Waals surface area contributed by atoms with Crippen LogP contribution in [0.2, 0.25) is 5.02 Å². The lowest BCUT2D eigenvalue weighted by Crippen LogP contribution is -2.32. The first-order valence-corrected chi connectivity index (χ1v) is 6.85. The van der Waals surface area contributed by atoms with Gasteiger partial charge >= 0.3 is 0 Å². The van der Waals surface area contributed by atoms with Gasteiger partial charge in [-0.25, -0.2) is 4.39 Å². The van der Waals surface area contributed by atoms with Crippen LogP contribution in [0.3, 0.4) is 0 Å². The SMILES string of the molecule is NCC(c1cccc(Cl)c1F)C(O)C1CCCC1. The Morgan fingerprint density at radius 2 is 2.06 bits per heavy atom. The molecule has 4 heteroatoms. The van der Waals surface area contributed by atoms with Crippen molar-refractivity contribution in [2.75, 3.05) is 6.54 Å². The molecule has 0 bridgehead atoms. The number of aliphatic hydroxyl groups excluding tert-OH is 1. The van der Waals surface area contributed by atoms with E-state index in [1.807, 2.05) is 0 Å². The predicted molar refractivity (Wildman–Crippen MR) is 71.2 cm³/mol. The van der Waals surface area contributed by atoms with Crippen molar-refractivity contribution < 1.29 is 9.50 Å². The second-order valence-electron chi connectivity index (χ2n) is 5.02. The van der Waals surface area contributed by atoms with Crippen molar-refractivity contribution in [1.29, 1.82) is 0 Å². The molecule has 0 amide bonds. The number of rotatable bonds is 4. The van der Waals surface area contributed by atoms with E-state index in [1.165, 1.54) is 6.07 Å². The van der Waals surface area contributed by atoms with Crippen LogP contribution in [0.5, 0.6) is 0 Å². The molecule has 0 aliphatic heterocycles. The Morgan fingerprint density at radius 1 is 1.39 bits per heavy atom. The van der Waals surface area contributed by atoms with Crippen molar-refractivity contribution in [1.82, 2.24) is 0 Å². The van der Waals surface area contributed by atoms with Gasteiger partial charge in [0.2, 0.25) is 0 Å². The minimum Gasteiger partial charge on any atom is -0.392 e. The summed E-state index contributed by atoms with van der Waals surface area (Å²) in [5.41, 5.74) is 6.16. The van der Waals surface area contributed by atoms with Gasteiger partial charge in [0.15, 0.2) is 0 Å². The van der Waals surface area contributed by atoms with E-state index in [2.05, 4.69) is 0 Å². The third-order valence-corrected chi connectivity index (χ3v) is 4.22. The van der Waals surface area contributed by atoms with E-state index in [4.69, 9.17) is 17.3 Å². The molecule has 1 aliphatic rings. The fourth-order valence-electron chi connectivity index (χ4n) is 2.88. The van der Waals surface area contributed by atoms with Gasteiger partial charge < -0.3 is 10.8 Å². The number of benzene rings is 1. The molecule has 1 aliphatic carbocycles. The minimum atomic E-state index is -0.578. The molecule has 0 radical (unpaired) electrons. The summed E-state index contributed by atoms with van der Waals surface area (Å²) in [4.78, 5) is 0. The van der Waals surface area contributed by atoms with E-state index in [0.29, 0.717) is 5.56 Å². The van der Waals surface area contributed by atoms with Gasteiger partial charge in [-0.15, -0.1) is 0 Å². The molecule has 2 nitrogen and oxygen atoms in total. The van der Waals surface area contributed by atoms with Crippen molar-refractivity contribution in [2.24, 2.45) is 11.7 Å². The number of halogens is 2. The third kappa shape index (κ3) is 2.68. The molecule has 0 aromatic heterocycles. The van der Waals surface area contributed by atoms with Gasteiger partial charge in [-0.1, -0.05) is 36.6 Å². The van der Waals surface area contributed by atoms with Crippen LogP contribution in [0.4, 0.5) is 4.39 Å². The summed E-state index contributed by atoms with van der Waals surface area (Å²) >= 11 is 5.78. The monoisotopic (exact) mass is 271 g/mol. The molecule has 1 aromatic carbocycles. The van der Waals surface area contributed by atoms with Gasteiger partial charge in [-0.2, -0.15) is 0 Å². The Morgan fingerprint density at radius 3 is 2.67 bits per heavy atom. The number of hydrogen-bond donors (Lipinski definition) is 2. The molecule has 18 heavy (non-hydrogen) atoms. The van der Waals surface area contributed by atoms with Crippen LogP contribution >= 0.6 is 11.6 Å². The van der Waals surface area contributed by atoms with E-state index < -0.39 is 11.9 Å². The average molecular weight is 272 g/mol. The first kappa shape index (κ1) is 13.8. The van der Waals surface area contributed by atoms with E-state index >= 15 is 0 Å². The first-order valence-electron chi connectivity index (χ1n) is 6.47. The maximum atomic E-state index is 14.0. The fraction of sp³-hybridized carbons (Fsp3) is 0.571. The van der Waals surface area contributed by atoms with E-state index in [9.17, 15) is 9.50 Å². The maximum absolute atomic E-state index is 14.0. The van der Waals surface area contributed by atoms with Crippen LogP contribution in [0.1, 0.15) is 37.2 Å². The Bertz CT molecular complexity index is 407. The highest BCUT2D eigenvalue weighted by Crippen LogP contribution is 2.35. The quantitative estimate of drug-likeness (QED) is 0.884. The minimum absolute atomic E-state index is 0.0876. The predicted octanol–water partition coefficient (Wildman–Crippen LogP) is 3.07. The van der Waals surface area contributed by atoms with Gasteiger partial charge in [0.1, 0.15) is 5.82 Å². The zero-order chi connectivity index (χ0) is 13.1. The Kier molecular flexibility index (Phi) is 4.60. The van der Waals surface area contributed by atoms with Crippen LogP contribution < -0.4 is 5.73 Å². The number of aliphatic hydroxyl groups is 1. The van der Waals surface area contributed by atoms with E-state index in [0.717, 1.165) is 25.7 Å². The molecular formula is C14H19ClFNO. The third-order valence-electron chi connectivity index (χ3n) is 3.93. The Balaban J connectivity index is 2.24. The van der Waals surface area contributed by atoms with Gasteiger partial charge in [0.25, 0.3) is 0 Å². The molecule has 100 valence electrons. The van der Waals surface area contributed by atoms with Crippen LogP contribution in [0.25, 0.3) is 0 Å². The Labute approximate surface area is 112 Å². The summed E-state index contributed by atoms with van der Waals surface area (Å²) in [7, 11) is 0. The maximum Gasteiger partial charge on any atom is 0.145 e. The summed E-state index contributed by atoms with van der Waals surface area (Å²) in [6, 6.07) is 4.87. The topological polar surface area (TPSA) is 46.2 Å². The smallest absolute Gasteiger partial charge is 0.145 e. The summed E-state index contributed by atoms with van der Waals surface area (Å²) in [5.74, 6) is -0.588. The summed E-state index contributed by atoms with van der Waals surface area (Å²) in [6.45, 7) is 0.231. The largest absolute Gasteiger partial charge is 0.392 e. The first-order chi connectivity index (χ1) is 8.65. The van der Waals surface area contributed by atoms with E-state index in [1.54, 1.807) is 12.1 Å². The lowest BCUT2D eigenvalue weighted by Gasteiger charge is -2.27. The van der Waals surface area contributed by atoms with Gasteiger partial charge in [-0.05, 0) is 30.4 Å². The second-order valence-corrected chi connectivity index (χ2v) is 5.43. The highest BCUT2D eigenvalue weighted by molar-refractivity contribution is 6.30. The fourth-order valence-corrected chi connectivity index (χ4v) is 3.07. The van der Waals surface area contributed by atoms with Crippen molar-refractivity contribution in [3.05, 3.63) is 34.6 Å². The molecule has 3 N–H and O–H groups in total. The van der Waals surface area contributed by atoms with Crippen LogP contribution in [0.15, 0.2) is 18.2 Å². The van der Waals surface area contributed by atoms with Crippen LogP contribution in [0, 0.1) is 11.7 Å². The molecule has 2 unspecified atom stereocenters. The van der Waals surface area contributed by atoms with Crippen LogP contribution in [-0.2, 0) is 0 Å². The van der Waals surface area contributed by atoms with Gasteiger partial charge in [0, 0.05) is 12.5 Å². The van der Waals surface area contributed by atoms with Crippen molar-refractivity contribution >= 4 is 11.6 Å². The molecule has 0 spiro atoms. The molecule has 2 atom stereocenters. The second kappa shape index (κ2) is 6.00. The molecule has 1 aromatic rings. The molecule has 0 heterocycles. The molecule has 2 rings (SSSR count). The van der Waals surface area contributed by atoms with Gasteiger partial charge in [0.05, 0.1) is 11.1 Å². The number of hydrogen-bond acceptors (Lipinski definition) is 2. The summed E-state index contributed by atoms with van der Waals surface area (Å²) in [5, 5.41) is 10.5. The highest BCUT2D eigenvalue weighted by Gasteiger charge is 2.31. The normalized spacial score (nSPS) is 20.0. The lowest BCUT2D eigenvalue weighted by molar-refractivity contribution is 0.0839. The zero-order valence-corrected chi connectivity index (χ0v) is 11.0. The summed E-state index contributed by atoms with van der Waals surface area (Å²) < 4.78 is 14.0. The van der Waals surface area contributed by atoms with Crippen LogP contribution in [-0.4, -0.2) is 17.8 Å². The van der Waals surface area contributed by atoms with Gasteiger partial charge in [-0.3, -0.25) is 0 Å². The Hall–Kier alpha value is -0.640. The standard InChI is InChI=1S/C14H19ClFNO/c15-12-7-3-6-10(13(12)16)11(8-17)14(18)9-4-1-2-5-9/h3,6-7,9,11,14,18H,1-2,4-5,8,17H2.